The number of fused-ring (bicyclic) bond motifs is 1. The lowest BCUT2D eigenvalue weighted by Gasteiger charge is -2.49. The SMILES string of the molecule is Nc1nc(/C(=N/O)C(=O)NC2C(=O)N3C(C(=O)O)=C(C=C4CCN(C5CNC5)C4=O)CSC23)cs1. The summed E-state index contributed by atoms with van der Waals surface area (Å²) in [5.74, 6) is -2.61. The quantitative estimate of drug-likeness (QED) is 0.1000. The molecule has 4 aliphatic heterocycles. The molecule has 5 heterocycles. The fraction of sp³-hybridized carbons (Fsp3) is 0.400. The number of hydrogen-bond donors (Lipinski definition) is 5. The van der Waals surface area contributed by atoms with Crippen molar-refractivity contribution < 1.29 is 29.5 Å². The minimum absolute atomic E-state index is 0.0559. The predicted molar refractivity (Wildman–Crippen MR) is 126 cm³/mol. The molecule has 1 aromatic heterocycles. The molecular weight excluding hydrogens is 498 g/mol. The third-order valence-electron chi connectivity index (χ3n) is 6.27. The van der Waals surface area contributed by atoms with Crippen LogP contribution in [0.3, 0.4) is 0 Å². The Morgan fingerprint density at radius 2 is 2.11 bits per heavy atom. The van der Waals surface area contributed by atoms with Crippen LogP contribution in [0.15, 0.2) is 33.5 Å². The van der Waals surface area contributed by atoms with Crippen molar-refractivity contribution in [2.45, 2.75) is 23.9 Å². The number of likely N-dealkylation sites (tertiary alicyclic amines) is 1. The van der Waals surface area contributed by atoms with Crippen molar-refractivity contribution >= 4 is 57.6 Å². The third kappa shape index (κ3) is 3.94. The molecule has 0 bridgehead atoms. The minimum atomic E-state index is -1.29. The van der Waals surface area contributed by atoms with Crippen molar-refractivity contribution in [1.82, 2.24) is 25.4 Å². The second kappa shape index (κ2) is 8.98. The van der Waals surface area contributed by atoms with Crippen molar-refractivity contribution in [3.63, 3.8) is 0 Å². The molecule has 3 fully saturated rings. The van der Waals surface area contributed by atoms with E-state index in [-0.39, 0.29) is 34.2 Å². The first kappa shape index (κ1) is 23.3. The van der Waals surface area contributed by atoms with Crippen LogP contribution in [0.1, 0.15) is 12.1 Å². The van der Waals surface area contributed by atoms with Gasteiger partial charge < -0.3 is 31.6 Å². The average molecular weight is 520 g/mol. The Morgan fingerprint density at radius 1 is 1.34 bits per heavy atom. The zero-order valence-corrected chi connectivity index (χ0v) is 19.8. The molecule has 3 saturated heterocycles. The number of allylic oxidation sites excluding steroid dienone is 1. The van der Waals surface area contributed by atoms with Gasteiger partial charge in [-0.1, -0.05) is 5.16 Å². The zero-order valence-electron chi connectivity index (χ0n) is 18.1. The predicted octanol–water partition coefficient (Wildman–Crippen LogP) is -1.23. The molecule has 3 amide bonds. The molecule has 0 saturated carbocycles. The molecule has 13 nitrogen and oxygen atoms in total. The van der Waals surface area contributed by atoms with Gasteiger partial charge in [0.2, 0.25) is 5.91 Å². The summed E-state index contributed by atoms with van der Waals surface area (Å²) in [5.41, 5.74) is 5.91. The Kier molecular flexibility index (Phi) is 5.98. The summed E-state index contributed by atoms with van der Waals surface area (Å²) < 4.78 is 0. The Bertz CT molecular complexity index is 1220. The summed E-state index contributed by atoms with van der Waals surface area (Å²) in [6.45, 7) is 2.07. The molecule has 1 aromatic rings. The van der Waals surface area contributed by atoms with Gasteiger partial charge in [0.15, 0.2) is 10.8 Å². The van der Waals surface area contributed by atoms with Crippen LogP contribution in [0.25, 0.3) is 0 Å². The van der Waals surface area contributed by atoms with Crippen molar-refractivity contribution in [3.05, 3.63) is 34.0 Å². The lowest BCUT2D eigenvalue weighted by molar-refractivity contribution is -0.150. The first-order valence-corrected chi connectivity index (χ1v) is 12.6. The number of thioether (sulfide) groups is 1. The monoisotopic (exact) mass is 519 g/mol. The van der Waals surface area contributed by atoms with Gasteiger partial charge in [0.1, 0.15) is 22.8 Å². The normalized spacial score (nSPS) is 26.1. The van der Waals surface area contributed by atoms with Crippen LogP contribution in [-0.4, -0.2) is 97.3 Å². The van der Waals surface area contributed by atoms with Gasteiger partial charge in [0.05, 0.1) is 6.04 Å². The number of β-lactam (4-membered cyclic amide) rings is 1. The standard InChI is InChI=1S/C20H21N7O6S2/c21-20-23-11(7-35-20)12(25-33)15(28)24-13-17(30)27-14(19(31)32)9(6-34-18(13)27)3-8-1-2-26(16(8)29)10-4-22-5-10/h3,7,10,13,18,22,33H,1-2,4-6H2,(H2,21,23)(H,24,28)(H,31,32)/b8-3?,25-12-. The van der Waals surface area contributed by atoms with E-state index in [4.69, 9.17) is 5.73 Å². The zero-order chi connectivity index (χ0) is 24.9. The van der Waals surface area contributed by atoms with E-state index < -0.39 is 34.9 Å². The Morgan fingerprint density at radius 3 is 2.71 bits per heavy atom. The molecular formula is C20H21N7O6S2. The van der Waals surface area contributed by atoms with E-state index in [0.717, 1.165) is 29.3 Å². The van der Waals surface area contributed by atoms with E-state index >= 15 is 0 Å². The first-order chi connectivity index (χ1) is 16.8. The lowest BCUT2D eigenvalue weighted by atomic mass is 10.0. The summed E-state index contributed by atoms with van der Waals surface area (Å²) in [4.78, 5) is 57.2. The highest BCUT2D eigenvalue weighted by atomic mass is 32.2. The number of carbonyl (C=O) groups is 4. The van der Waals surface area contributed by atoms with E-state index in [1.165, 1.54) is 17.1 Å². The minimum Gasteiger partial charge on any atom is -0.477 e. The average Bonchev–Trinajstić information content (AvgIpc) is 3.37. The van der Waals surface area contributed by atoms with Gasteiger partial charge in [0.25, 0.3) is 11.8 Å². The summed E-state index contributed by atoms with van der Waals surface area (Å²) in [6, 6.07) is -0.862. The fourth-order valence-electron chi connectivity index (χ4n) is 4.39. The molecule has 2 unspecified atom stereocenters. The van der Waals surface area contributed by atoms with Crippen LogP contribution in [0.2, 0.25) is 0 Å². The van der Waals surface area contributed by atoms with Gasteiger partial charge in [-0.15, -0.1) is 23.1 Å². The summed E-state index contributed by atoms with van der Waals surface area (Å²) in [6.07, 6.45) is 2.10. The Hall–Kier alpha value is -3.43. The van der Waals surface area contributed by atoms with E-state index in [9.17, 15) is 29.5 Å². The number of amides is 3. The number of aliphatic carboxylic acids is 1. The number of aromatic nitrogens is 1. The number of anilines is 1. The van der Waals surface area contributed by atoms with Gasteiger partial charge in [-0.25, -0.2) is 9.78 Å². The lowest BCUT2D eigenvalue weighted by Crippen LogP contribution is -2.71. The molecule has 0 aromatic carbocycles. The highest BCUT2D eigenvalue weighted by Gasteiger charge is 2.54. The molecule has 0 radical (unpaired) electrons. The van der Waals surface area contributed by atoms with Crippen LogP contribution in [-0.2, 0) is 19.2 Å². The van der Waals surface area contributed by atoms with Crippen molar-refractivity contribution in [2.75, 3.05) is 31.1 Å². The van der Waals surface area contributed by atoms with Crippen LogP contribution in [0.4, 0.5) is 5.13 Å². The van der Waals surface area contributed by atoms with Gasteiger partial charge in [-0.05, 0) is 18.1 Å². The second-order valence-electron chi connectivity index (χ2n) is 8.29. The smallest absolute Gasteiger partial charge is 0.352 e. The number of hydrogen-bond acceptors (Lipinski definition) is 11. The molecule has 0 aliphatic carbocycles. The molecule has 6 N–H and O–H groups in total. The number of nitrogens with one attached hydrogen (secondary N) is 2. The maximum Gasteiger partial charge on any atom is 0.352 e. The number of carboxylic acids is 1. The van der Waals surface area contributed by atoms with Gasteiger partial charge >= 0.3 is 5.97 Å². The summed E-state index contributed by atoms with van der Waals surface area (Å²) in [7, 11) is 0. The van der Waals surface area contributed by atoms with Crippen molar-refractivity contribution in [3.8, 4) is 0 Å². The van der Waals surface area contributed by atoms with Gasteiger partial charge in [-0.3, -0.25) is 19.3 Å². The number of thiazole rings is 1. The maximum absolute atomic E-state index is 12.9. The molecule has 5 rings (SSSR count). The largest absolute Gasteiger partial charge is 0.477 e. The van der Waals surface area contributed by atoms with Crippen molar-refractivity contribution in [1.29, 1.82) is 0 Å². The van der Waals surface area contributed by atoms with Crippen LogP contribution in [0, 0.1) is 0 Å². The number of nitrogens with two attached hydrogens (primary N) is 1. The van der Waals surface area contributed by atoms with E-state index in [1.807, 2.05) is 0 Å². The number of nitrogen functional groups attached to an aromatic ring is 1. The van der Waals surface area contributed by atoms with Crippen molar-refractivity contribution in [2.24, 2.45) is 5.16 Å². The Labute approximate surface area is 206 Å². The number of carboxylic acid groups (broad SMARTS) is 1. The van der Waals surface area contributed by atoms with E-state index in [2.05, 4.69) is 20.8 Å². The first-order valence-electron chi connectivity index (χ1n) is 10.7. The van der Waals surface area contributed by atoms with Gasteiger partial charge in [-0.2, -0.15) is 0 Å². The van der Waals surface area contributed by atoms with Crippen LogP contribution < -0.4 is 16.4 Å². The number of rotatable bonds is 6. The molecule has 184 valence electrons. The summed E-state index contributed by atoms with van der Waals surface area (Å²) in [5, 5.41) is 28.7. The topological polar surface area (TPSA) is 191 Å². The molecule has 4 aliphatic rings. The number of nitrogens with zero attached hydrogens (tertiary/aromatic N) is 4. The van der Waals surface area contributed by atoms with Gasteiger partial charge in [0, 0.05) is 36.3 Å². The fourth-order valence-corrected chi connectivity index (χ4v) is 6.25. The van der Waals surface area contributed by atoms with Crippen LogP contribution >= 0.6 is 23.1 Å². The highest BCUT2D eigenvalue weighted by molar-refractivity contribution is 8.00. The molecule has 2 atom stereocenters. The second-order valence-corrected chi connectivity index (χ2v) is 10.3. The number of oxime groups is 1. The highest BCUT2D eigenvalue weighted by Crippen LogP contribution is 2.41. The third-order valence-corrected chi connectivity index (χ3v) is 8.25. The van der Waals surface area contributed by atoms with E-state index in [0.29, 0.717) is 24.1 Å². The van der Waals surface area contributed by atoms with E-state index in [1.54, 1.807) is 11.0 Å². The summed E-state index contributed by atoms with van der Waals surface area (Å²) >= 11 is 2.33. The molecule has 0 spiro atoms. The molecule has 15 heteroatoms. The van der Waals surface area contributed by atoms with Crippen LogP contribution in [0.5, 0.6) is 0 Å². The molecule has 35 heavy (non-hydrogen) atoms. The Balaban J connectivity index is 1.33. The maximum atomic E-state index is 12.9. The number of carbonyl (C=O) groups excluding carboxylic acids is 3.